The van der Waals surface area contributed by atoms with E-state index in [1.54, 1.807) is 4.90 Å². The fraction of sp³-hybridized carbons (Fsp3) is 0.611. The number of amides is 2. The van der Waals surface area contributed by atoms with E-state index in [9.17, 15) is 4.79 Å². The summed E-state index contributed by atoms with van der Waals surface area (Å²) in [6.45, 7) is 10.8. The van der Waals surface area contributed by atoms with Gasteiger partial charge in [0.2, 0.25) is 0 Å². The van der Waals surface area contributed by atoms with Crippen molar-refractivity contribution in [3.8, 4) is 0 Å². The molecule has 0 radical (unpaired) electrons. The molecule has 0 aliphatic heterocycles. The van der Waals surface area contributed by atoms with E-state index < -0.39 is 0 Å². The van der Waals surface area contributed by atoms with Crippen LogP contribution in [0.1, 0.15) is 37.0 Å². The largest absolute Gasteiger partial charge is 0.336 e. The molecule has 0 aromatic heterocycles. The molecule has 0 fully saturated rings. The van der Waals surface area contributed by atoms with Crippen LogP contribution in [-0.2, 0) is 6.54 Å². The van der Waals surface area contributed by atoms with Gasteiger partial charge < -0.3 is 15.1 Å². The zero-order valence-corrected chi connectivity index (χ0v) is 14.9. The molecule has 1 atom stereocenters. The maximum absolute atomic E-state index is 12.3. The molecule has 22 heavy (non-hydrogen) atoms. The molecule has 4 heteroatoms. The first kappa shape index (κ1) is 18.5. The van der Waals surface area contributed by atoms with E-state index in [4.69, 9.17) is 0 Å². The molecule has 0 aliphatic carbocycles. The van der Waals surface area contributed by atoms with Crippen LogP contribution >= 0.6 is 0 Å². The van der Waals surface area contributed by atoms with Crippen molar-refractivity contribution in [3.05, 3.63) is 34.9 Å². The third-order valence-corrected chi connectivity index (χ3v) is 4.55. The molecular weight excluding hydrogens is 274 g/mol. The third kappa shape index (κ3) is 5.02. The number of carbonyl (C=O) groups excluding carboxylic acids is 1. The molecule has 1 rings (SSSR count). The first-order valence-electron chi connectivity index (χ1n) is 8.14. The summed E-state index contributed by atoms with van der Waals surface area (Å²) in [5.41, 5.74) is 3.73. The zero-order chi connectivity index (χ0) is 16.7. The quantitative estimate of drug-likeness (QED) is 0.840. The van der Waals surface area contributed by atoms with Gasteiger partial charge in [0, 0.05) is 26.2 Å². The van der Waals surface area contributed by atoms with Gasteiger partial charge in [0.1, 0.15) is 0 Å². The smallest absolute Gasteiger partial charge is 0.317 e. The Bertz CT molecular complexity index is 487. The Morgan fingerprint density at radius 2 is 1.91 bits per heavy atom. The van der Waals surface area contributed by atoms with Gasteiger partial charge in [-0.15, -0.1) is 0 Å². The molecular formula is C18H31N3O. The number of carbonyl (C=O) groups is 1. The van der Waals surface area contributed by atoms with Crippen LogP contribution in [0.4, 0.5) is 4.79 Å². The van der Waals surface area contributed by atoms with Crippen LogP contribution in [0.5, 0.6) is 0 Å². The maximum atomic E-state index is 12.3. The molecule has 2 amide bonds. The first-order valence-corrected chi connectivity index (χ1v) is 8.14. The summed E-state index contributed by atoms with van der Waals surface area (Å²) in [5, 5.41) is 3.05. The van der Waals surface area contributed by atoms with Crippen LogP contribution in [0.25, 0.3) is 0 Å². The third-order valence-electron chi connectivity index (χ3n) is 4.55. The monoisotopic (exact) mass is 305 g/mol. The fourth-order valence-electron chi connectivity index (χ4n) is 2.52. The average molecular weight is 305 g/mol. The summed E-state index contributed by atoms with van der Waals surface area (Å²) in [4.78, 5) is 16.3. The van der Waals surface area contributed by atoms with Gasteiger partial charge in [0.15, 0.2) is 0 Å². The van der Waals surface area contributed by atoms with Crippen LogP contribution in [-0.4, -0.2) is 49.1 Å². The summed E-state index contributed by atoms with van der Waals surface area (Å²) in [6.07, 6.45) is 1.03. The van der Waals surface area contributed by atoms with Gasteiger partial charge >= 0.3 is 6.03 Å². The minimum absolute atomic E-state index is 0.0103. The maximum Gasteiger partial charge on any atom is 0.317 e. The highest BCUT2D eigenvalue weighted by atomic mass is 16.2. The van der Waals surface area contributed by atoms with Gasteiger partial charge in [-0.1, -0.05) is 32.0 Å². The molecule has 1 unspecified atom stereocenters. The van der Waals surface area contributed by atoms with Gasteiger partial charge in [-0.3, -0.25) is 0 Å². The molecule has 4 nitrogen and oxygen atoms in total. The molecule has 1 aromatic carbocycles. The molecule has 0 heterocycles. The van der Waals surface area contributed by atoms with E-state index in [-0.39, 0.29) is 6.03 Å². The van der Waals surface area contributed by atoms with Crippen molar-refractivity contribution in [2.24, 2.45) is 0 Å². The molecule has 0 bridgehead atoms. The average Bonchev–Trinajstić information content (AvgIpc) is 2.51. The number of nitrogens with zero attached hydrogens (tertiary/aromatic N) is 2. The Balaban J connectivity index is 2.56. The predicted molar refractivity (Wildman–Crippen MR) is 93.2 cm³/mol. The van der Waals surface area contributed by atoms with Gasteiger partial charge in [-0.2, -0.15) is 0 Å². The number of rotatable bonds is 7. The van der Waals surface area contributed by atoms with Crippen molar-refractivity contribution in [1.82, 2.24) is 15.1 Å². The Kier molecular flexibility index (Phi) is 7.39. The SMILES string of the molecule is CCC(CNC(=O)N(C)Cc1cccc(C)c1C)N(C)CC. The molecule has 0 aliphatic rings. The number of aryl methyl sites for hydroxylation is 1. The van der Waals surface area contributed by atoms with E-state index in [0.29, 0.717) is 19.1 Å². The van der Waals surface area contributed by atoms with Crippen molar-refractivity contribution < 1.29 is 4.79 Å². The molecule has 1 N–H and O–H groups in total. The predicted octanol–water partition coefficient (Wildman–Crippen LogP) is 3.18. The number of likely N-dealkylation sites (N-methyl/N-ethyl adjacent to an activating group) is 1. The number of hydrogen-bond donors (Lipinski definition) is 1. The van der Waals surface area contributed by atoms with Crippen LogP contribution in [0, 0.1) is 13.8 Å². The van der Waals surface area contributed by atoms with E-state index in [1.807, 2.05) is 13.1 Å². The molecule has 0 saturated heterocycles. The fourth-order valence-corrected chi connectivity index (χ4v) is 2.52. The Hall–Kier alpha value is -1.55. The number of hydrogen-bond acceptors (Lipinski definition) is 2. The van der Waals surface area contributed by atoms with E-state index in [0.717, 1.165) is 13.0 Å². The zero-order valence-electron chi connectivity index (χ0n) is 14.9. The second kappa shape index (κ2) is 8.79. The van der Waals surface area contributed by atoms with Crippen LogP contribution < -0.4 is 5.32 Å². The highest BCUT2D eigenvalue weighted by Gasteiger charge is 2.15. The Morgan fingerprint density at radius 3 is 2.50 bits per heavy atom. The van der Waals surface area contributed by atoms with Crippen LogP contribution in [0.15, 0.2) is 18.2 Å². The second-order valence-corrected chi connectivity index (χ2v) is 6.04. The van der Waals surface area contributed by atoms with Crippen LogP contribution in [0.2, 0.25) is 0 Å². The lowest BCUT2D eigenvalue weighted by Gasteiger charge is -2.27. The van der Waals surface area contributed by atoms with Crippen molar-refractivity contribution in [2.75, 3.05) is 27.2 Å². The Morgan fingerprint density at radius 1 is 1.23 bits per heavy atom. The van der Waals surface area contributed by atoms with Gasteiger partial charge in [-0.25, -0.2) is 4.79 Å². The van der Waals surface area contributed by atoms with E-state index in [1.165, 1.54) is 16.7 Å². The molecule has 0 saturated carbocycles. The standard InChI is InChI=1S/C18H31N3O/c1-7-17(20(5)8-2)12-19-18(22)21(6)13-16-11-9-10-14(3)15(16)4/h9-11,17H,7-8,12-13H2,1-6H3,(H,19,22). The number of urea groups is 1. The highest BCUT2D eigenvalue weighted by Crippen LogP contribution is 2.14. The summed E-state index contributed by atoms with van der Waals surface area (Å²) < 4.78 is 0. The Labute approximate surface area is 135 Å². The summed E-state index contributed by atoms with van der Waals surface area (Å²) in [7, 11) is 3.95. The molecule has 0 spiro atoms. The molecule has 124 valence electrons. The lowest BCUT2D eigenvalue weighted by Crippen LogP contribution is -2.45. The van der Waals surface area contributed by atoms with Crippen molar-refractivity contribution in [3.63, 3.8) is 0 Å². The van der Waals surface area contributed by atoms with Gasteiger partial charge in [-0.05, 0) is 50.6 Å². The van der Waals surface area contributed by atoms with E-state index >= 15 is 0 Å². The summed E-state index contributed by atoms with van der Waals surface area (Å²) in [5.74, 6) is 0. The number of nitrogens with one attached hydrogen (secondary N) is 1. The van der Waals surface area contributed by atoms with Gasteiger partial charge in [0.05, 0.1) is 0 Å². The summed E-state index contributed by atoms with van der Waals surface area (Å²) >= 11 is 0. The van der Waals surface area contributed by atoms with Crippen LogP contribution in [0.3, 0.4) is 0 Å². The first-order chi connectivity index (χ1) is 10.4. The summed E-state index contributed by atoms with van der Waals surface area (Å²) in [6, 6.07) is 6.62. The number of benzene rings is 1. The van der Waals surface area contributed by atoms with E-state index in [2.05, 4.69) is 57.1 Å². The lowest BCUT2D eigenvalue weighted by atomic mass is 10.0. The minimum Gasteiger partial charge on any atom is -0.336 e. The molecule has 1 aromatic rings. The normalized spacial score (nSPS) is 12.3. The van der Waals surface area contributed by atoms with Crippen molar-refractivity contribution in [2.45, 2.75) is 46.7 Å². The minimum atomic E-state index is -0.0103. The van der Waals surface area contributed by atoms with Crippen molar-refractivity contribution in [1.29, 1.82) is 0 Å². The topological polar surface area (TPSA) is 35.6 Å². The van der Waals surface area contributed by atoms with Gasteiger partial charge in [0.25, 0.3) is 0 Å². The van der Waals surface area contributed by atoms with Crippen molar-refractivity contribution >= 4 is 6.03 Å². The highest BCUT2D eigenvalue weighted by molar-refractivity contribution is 5.73. The second-order valence-electron chi connectivity index (χ2n) is 6.04. The lowest BCUT2D eigenvalue weighted by molar-refractivity contribution is 0.195.